The Morgan fingerprint density at radius 1 is 1.31 bits per heavy atom. The number of rotatable bonds is 1. The van der Waals surface area contributed by atoms with E-state index in [1.54, 1.807) is 25.3 Å². The Kier molecular flexibility index (Phi) is 1.56. The summed E-state index contributed by atoms with van der Waals surface area (Å²) in [7, 11) is 1.56. The molecule has 1 atom stereocenters. The Labute approximate surface area is 93.1 Å². The molecule has 0 bridgehead atoms. The van der Waals surface area contributed by atoms with E-state index >= 15 is 0 Å². The first-order valence-corrected chi connectivity index (χ1v) is 5.12. The van der Waals surface area contributed by atoms with Gasteiger partial charge in [0.25, 0.3) is 0 Å². The maximum absolute atomic E-state index is 12.2. The van der Waals surface area contributed by atoms with E-state index in [0.717, 1.165) is 0 Å². The van der Waals surface area contributed by atoms with Crippen LogP contribution in [0.1, 0.15) is 24.2 Å². The molecule has 0 N–H and O–H groups in total. The highest BCUT2D eigenvalue weighted by atomic mass is 16.8. The van der Waals surface area contributed by atoms with Crippen LogP contribution in [0, 0.1) is 0 Å². The van der Waals surface area contributed by atoms with Crippen molar-refractivity contribution in [3.8, 4) is 11.5 Å². The Hall–Kier alpha value is -1.55. The Morgan fingerprint density at radius 3 is 2.56 bits per heavy atom. The van der Waals surface area contributed by atoms with E-state index in [2.05, 4.69) is 0 Å². The lowest BCUT2D eigenvalue weighted by molar-refractivity contribution is 0.0537. The molecule has 2 heterocycles. The van der Waals surface area contributed by atoms with Gasteiger partial charge in [-0.05, 0) is 32.0 Å². The number of Topliss-reactive ketones (excluding diaryl/α,β-unsaturated/α-hetero) is 1. The van der Waals surface area contributed by atoms with Crippen LogP contribution in [0.4, 0.5) is 0 Å². The Morgan fingerprint density at radius 2 is 2.00 bits per heavy atom. The molecule has 84 valence electrons. The summed E-state index contributed by atoms with van der Waals surface area (Å²) < 4.78 is 16.1. The smallest absolute Gasteiger partial charge is 0.305 e. The van der Waals surface area contributed by atoms with Crippen molar-refractivity contribution in [3.63, 3.8) is 0 Å². The first-order chi connectivity index (χ1) is 7.50. The normalized spacial score (nSPS) is 28.8. The van der Waals surface area contributed by atoms with Crippen molar-refractivity contribution in [2.75, 3.05) is 7.11 Å². The van der Waals surface area contributed by atoms with Gasteiger partial charge < -0.3 is 14.2 Å². The number of ether oxygens (including phenoxy) is 3. The molecule has 4 heteroatoms. The molecule has 1 saturated heterocycles. The van der Waals surface area contributed by atoms with Gasteiger partial charge in [0, 0.05) is 0 Å². The molecule has 1 aromatic rings. The summed E-state index contributed by atoms with van der Waals surface area (Å²) >= 11 is 0. The summed E-state index contributed by atoms with van der Waals surface area (Å²) in [6, 6.07) is 5.18. The van der Waals surface area contributed by atoms with Crippen molar-refractivity contribution in [2.45, 2.75) is 25.2 Å². The highest BCUT2D eigenvalue weighted by molar-refractivity contribution is 6.09. The quantitative estimate of drug-likeness (QED) is 0.677. The van der Waals surface area contributed by atoms with Crippen molar-refractivity contribution in [3.05, 3.63) is 23.8 Å². The monoisotopic (exact) mass is 220 g/mol. The van der Waals surface area contributed by atoms with Crippen LogP contribution in [-0.2, 0) is 4.74 Å². The van der Waals surface area contributed by atoms with Gasteiger partial charge in [0.15, 0.2) is 0 Å². The van der Waals surface area contributed by atoms with Crippen LogP contribution in [0.5, 0.6) is 11.5 Å². The second kappa shape index (κ2) is 2.58. The molecule has 3 rings (SSSR count). The van der Waals surface area contributed by atoms with E-state index in [9.17, 15) is 4.79 Å². The first kappa shape index (κ1) is 9.66. The van der Waals surface area contributed by atoms with Crippen molar-refractivity contribution in [1.82, 2.24) is 0 Å². The summed E-state index contributed by atoms with van der Waals surface area (Å²) in [5, 5.41) is 0. The number of methoxy groups -OCH3 is 1. The second-order valence-corrected chi connectivity index (χ2v) is 4.52. The maximum atomic E-state index is 12.2. The van der Waals surface area contributed by atoms with Crippen LogP contribution >= 0.6 is 0 Å². The lowest BCUT2D eigenvalue weighted by atomic mass is 10.0. The van der Waals surface area contributed by atoms with Crippen LogP contribution in [0.25, 0.3) is 0 Å². The molecule has 0 radical (unpaired) electrons. The van der Waals surface area contributed by atoms with Crippen LogP contribution < -0.4 is 9.47 Å². The largest absolute Gasteiger partial charge is 0.497 e. The molecule has 1 fully saturated rings. The minimum Gasteiger partial charge on any atom is -0.497 e. The van der Waals surface area contributed by atoms with Gasteiger partial charge in [0.1, 0.15) is 17.1 Å². The number of hydrogen-bond acceptors (Lipinski definition) is 4. The van der Waals surface area contributed by atoms with Gasteiger partial charge in [-0.3, -0.25) is 4.79 Å². The van der Waals surface area contributed by atoms with Crippen LogP contribution in [0.15, 0.2) is 18.2 Å². The molecular formula is C12H12O4. The second-order valence-electron chi connectivity index (χ2n) is 4.52. The van der Waals surface area contributed by atoms with Crippen LogP contribution in [0.2, 0.25) is 0 Å². The van der Waals surface area contributed by atoms with Gasteiger partial charge in [0.05, 0.1) is 12.7 Å². The zero-order valence-corrected chi connectivity index (χ0v) is 9.37. The third-order valence-electron chi connectivity index (χ3n) is 3.13. The van der Waals surface area contributed by atoms with Crippen molar-refractivity contribution >= 4 is 5.78 Å². The predicted molar refractivity (Wildman–Crippen MR) is 55.8 cm³/mol. The zero-order valence-electron chi connectivity index (χ0n) is 9.37. The third kappa shape index (κ3) is 0.950. The topological polar surface area (TPSA) is 48.1 Å². The van der Waals surface area contributed by atoms with Gasteiger partial charge in [-0.15, -0.1) is 0 Å². The zero-order chi connectivity index (χ0) is 11.6. The molecular weight excluding hydrogens is 208 g/mol. The van der Waals surface area contributed by atoms with E-state index in [0.29, 0.717) is 17.1 Å². The number of benzene rings is 1. The molecule has 16 heavy (non-hydrogen) atoms. The Bertz CT molecular complexity index is 492. The third-order valence-corrected chi connectivity index (χ3v) is 3.13. The number of ketones is 1. The van der Waals surface area contributed by atoms with Crippen molar-refractivity contribution in [1.29, 1.82) is 0 Å². The molecule has 0 amide bonds. The van der Waals surface area contributed by atoms with Crippen molar-refractivity contribution in [2.24, 2.45) is 0 Å². The maximum Gasteiger partial charge on any atom is 0.305 e. The van der Waals surface area contributed by atoms with Gasteiger partial charge in [-0.1, -0.05) is 0 Å². The van der Waals surface area contributed by atoms with Gasteiger partial charge in [0.2, 0.25) is 5.78 Å². The number of hydrogen-bond donors (Lipinski definition) is 0. The van der Waals surface area contributed by atoms with E-state index < -0.39 is 11.4 Å². The highest BCUT2D eigenvalue weighted by Crippen LogP contribution is 2.55. The summed E-state index contributed by atoms with van der Waals surface area (Å²) in [6.45, 7) is 3.68. The van der Waals surface area contributed by atoms with Crippen LogP contribution in [-0.4, -0.2) is 24.3 Å². The number of epoxide rings is 1. The molecule has 4 nitrogen and oxygen atoms in total. The average molecular weight is 220 g/mol. The van der Waals surface area contributed by atoms with E-state index in [1.165, 1.54) is 0 Å². The number of carbonyl (C=O) groups excluding carboxylic acids is 1. The summed E-state index contributed by atoms with van der Waals surface area (Å²) in [6.07, 6.45) is 0. The first-order valence-electron chi connectivity index (χ1n) is 5.12. The fourth-order valence-corrected chi connectivity index (χ4v) is 2.08. The lowest BCUT2D eigenvalue weighted by Crippen LogP contribution is -2.31. The number of carbonyl (C=O) groups is 1. The summed E-state index contributed by atoms with van der Waals surface area (Å²) in [4.78, 5) is 12.2. The number of fused-ring (bicyclic) bond motifs is 1. The summed E-state index contributed by atoms with van der Waals surface area (Å²) in [5.41, 5.74) is -0.0130. The molecule has 1 aromatic carbocycles. The average Bonchev–Trinajstić information content (AvgIpc) is 2.68. The van der Waals surface area contributed by atoms with Gasteiger partial charge >= 0.3 is 5.79 Å². The fourth-order valence-electron chi connectivity index (χ4n) is 2.08. The van der Waals surface area contributed by atoms with E-state index in [1.807, 2.05) is 13.8 Å². The van der Waals surface area contributed by atoms with E-state index in [4.69, 9.17) is 14.2 Å². The lowest BCUT2D eigenvalue weighted by Gasteiger charge is -2.04. The summed E-state index contributed by atoms with van der Waals surface area (Å²) in [5.74, 6) is -0.00389. The fraction of sp³-hybridized carbons (Fsp3) is 0.417. The molecule has 0 saturated carbocycles. The molecule has 1 unspecified atom stereocenters. The molecule has 0 aliphatic carbocycles. The molecule has 1 spiro atoms. The van der Waals surface area contributed by atoms with Crippen molar-refractivity contribution < 1.29 is 19.0 Å². The highest BCUT2D eigenvalue weighted by Gasteiger charge is 2.75. The molecule has 2 aliphatic heterocycles. The van der Waals surface area contributed by atoms with Gasteiger partial charge in [-0.25, -0.2) is 0 Å². The van der Waals surface area contributed by atoms with Gasteiger partial charge in [-0.2, -0.15) is 0 Å². The van der Waals surface area contributed by atoms with Crippen LogP contribution in [0.3, 0.4) is 0 Å². The minimum atomic E-state index is -1.10. The molecule has 0 aromatic heterocycles. The Balaban J connectivity index is 2.06. The minimum absolute atomic E-state index is 0.119. The van der Waals surface area contributed by atoms with E-state index in [-0.39, 0.29) is 5.78 Å². The predicted octanol–water partition coefficient (Wildman–Crippen LogP) is 1.78. The standard InChI is InChI=1S/C12H12O4/c1-11(2)12(16-11)10(13)8-6-7(14-3)4-5-9(8)15-12/h4-6H,1-3H3. The SMILES string of the molecule is COc1ccc2c(c1)C(=O)C1(O2)OC1(C)C. The molecule has 2 aliphatic rings.